The van der Waals surface area contributed by atoms with E-state index in [1.807, 2.05) is 18.3 Å². The Morgan fingerprint density at radius 3 is 3.10 bits per heavy atom. The first kappa shape index (κ1) is 13.8. The lowest BCUT2D eigenvalue weighted by molar-refractivity contribution is 0.0526. The zero-order valence-corrected chi connectivity index (χ0v) is 11.9. The van der Waals surface area contributed by atoms with Crippen LogP contribution in [0.5, 0.6) is 0 Å². The minimum Gasteiger partial charge on any atom is -0.462 e. The van der Waals surface area contributed by atoms with Crippen molar-refractivity contribution in [3.63, 3.8) is 0 Å². The van der Waals surface area contributed by atoms with E-state index in [0.29, 0.717) is 24.5 Å². The molecule has 0 radical (unpaired) electrons. The number of aromatic nitrogens is 3. The molecule has 0 spiro atoms. The predicted molar refractivity (Wildman–Crippen MR) is 75.5 cm³/mol. The van der Waals surface area contributed by atoms with Gasteiger partial charge in [-0.3, -0.25) is 0 Å². The van der Waals surface area contributed by atoms with Crippen LogP contribution in [0.15, 0.2) is 30.5 Å². The summed E-state index contributed by atoms with van der Waals surface area (Å²) < 4.78 is 12.1. The fourth-order valence-corrected chi connectivity index (χ4v) is 2.40. The molecule has 1 atom stereocenters. The van der Waals surface area contributed by atoms with Crippen LogP contribution in [-0.2, 0) is 9.47 Å². The summed E-state index contributed by atoms with van der Waals surface area (Å²) in [4.78, 5) is 12.0. The summed E-state index contributed by atoms with van der Waals surface area (Å²) in [6, 6.07) is 7.22. The number of para-hydroxylation sites is 1. The molecule has 0 saturated carbocycles. The molecule has 1 aromatic carbocycles. The van der Waals surface area contributed by atoms with Gasteiger partial charge in [-0.1, -0.05) is 17.3 Å². The zero-order chi connectivity index (χ0) is 14.7. The van der Waals surface area contributed by atoms with Crippen molar-refractivity contribution in [2.45, 2.75) is 19.3 Å². The molecule has 1 aliphatic heterocycles. The van der Waals surface area contributed by atoms with E-state index in [4.69, 9.17) is 9.47 Å². The highest BCUT2D eigenvalue weighted by Crippen LogP contribution is 2.24. The van der Waals surface area contributed by atoms with Crippen molar-refractivity contribution >= 4 is 5.97 Å². The van der Waals surface area contributed by atoms with E-state index in [0.717, 1.165) is 18.7 Å². The summed E-state index contributed by atoms with van der Waals surface area (Å²) in [6.07, 6.45) is 2.82. The molecule has 6 heteroatoms. The molecule has 1 saturated heterocycles. The smallest absolute Gasteiger partial charge is 0.340 e. The highest BCUT2D eigenvalue weighted by Gasteiger charge is 2.22. The molecule has 0 bridgehead atoms. The number of ether oxygens (including phenoxy) is 2. The summed E-state index contributed by atoms with van der Waals surface area (Å²) in [7, 11) is 0. The summed E-state index contributed by atoms with van der Waals surface area (Å²) in [5, 5.41) is 8.34. The average molecular weight is 287 g/mol. The third kappa shape index (κ3) is 2.80. The van der Waals surface area contributed by atoms with Crippen LogP contribution in [0.3, 0.4) is 0 Å². The molecule has 2 aromatic rings. The van der Waals surface area contributed by atoms with Gasteiger partial charge in [0.25, 0.3) is 0 Å². The Bertz CT molecular complexity index is 633. The molecule has 1 aliphatic rings. The number of carbonyl (C=O) groups is 1. The lowest BCUT2D eigenvalue weighted by atomic mass is 10.1. The lowest BCUT2D eigenvalue weighted by Crippen LogP contribution is -2.10. The van der Waals surface area contributed by atoms with Crippen LogP contribution in [0.2, 0.25) is 0 Å². The van der Waals surface area contributed by atoms with Gasteiger partial charge < -0.3 is 9.47 Å². The first-order valence-corrected chi connectivity index (χ1v) is 7.06. The van der Waals surface area contributed by atoms with Crippen molar-refractivity contribution in [2.75, 3.05) is 19.8 Å². The molecule has 1 fully saturated rings. The van der Waals surface area contributed by atoms with Crippen molar-refractivity contribution in [2.24, 2.45) is 0 Å². The summed E-state index contributed by atoms with van der Waals surface area (Å²) in [6.45, 7) is 3.57. The second-order valence-electron chi connectivity index (χ2n) is 4.89. The fraction of sp³-hybridized carbons (Fsp3) is 0.400. The van der Waals surface area contributed by atoms with E-state index in [2.05, 4.69) is 10.3 Å². The van der Waals surface area contributed by atoms with E-state index in [1.165, 1.54) is 0 Å². The third-order valence-electron chi connectivity index (χ3n) is 3.51. The highest BCUT2D eigenvalue weighted by atomic mass is 16.5. The second kappa shape index (κ2) is 6.05. The van der Waals surface area contributed by atoms with E-state index in [1.54, 1.807) is 23.7 Å². The number of hydrogen-bond acceptors (Lipinski definition) is 5. The molecular weight excluding hydrogens is 270 g/mol. The maximum absolute atomic E-state index is 12.0. The van der Waals surface area contributed by atoms with Crippen LogP contribution in [0.4, 0.5) is 0 Å². The van der Waals surface area contributed by atoms with Crippen LogP contribution in [0, 0.1) is 0 Å². The average Bonchev–Trinajstić information content (AvgIpc) is 3.18. The Labute approximate surface area is 122 Å². The van der Waals surface area contributed by atoms with Gasteiger partial charge in [-0.25, -0.2) is 9.48 Å². The molecule has 6 nitrogen and oxygen atoms in total. The molecule has 110 valence electrons. The summed E-state index contributed by atoms with van der Waals surface area (Å²) >= 11 is 0. The van der Waals surface area contributed by atoms with Gasteiger partial charge in [-0.05, 0) is 25.5 Å². The Hall–Kier alpha value is -2.21. The molecular formula is C15H17N3O3. The van der Waals surface area contributed by atoms with Gasteiger partial charge >= 0.3 is 5.97 Å². The molecule has 1 unspecified atom stereocenters. The summed E-state index contributed by atoms with van der Waals surface area (Å²) in [5.41, 5.74) is 2.05. The van der Waals surface area contributed by atoms with Crippen LogP contribution in [0.25, 0.3) is 5.69 Å². The van der Waals surface area contributed by atoms with Crippen LogP contribution in [-0.4, -0.2) is 40.8 Å². The molecule has 0 amide bonds. The van der Waals surface area contributed by atoms with Crippen molar-refractivity contribution in [3.8, 4) is 5.69 Å². The fourth-order valence-electron chi connectivity index (χ4n) is 2.40. The quantitative estimate of drug-likeness (QED) is 0.804. The van der Waals surface area contributed by atoms with Crippen molar-refractivity contribution in [3.05, 3.63) is 41.7 Å². The van der Waals surface area contributed by atoms with E-state index < -0.39 is 0 Å². The summed E-state index contributed by atoms with van der Waals surface area (Å²) in [5.74, 6) is -0.0668. The van der Waals surface area contributed by atoms with Gasteiger partial charge in [0, 0.05) is 12.5 Å². The van der Waals surface area contributed by atoms with Gasteiger partial charge in [0.15, 0.2) is 0 Å². The second-order valence-corrected chi connectivity index (χ2v) is 4.89. The van der Waals surface area contributed by atoms with Gasteiger partial charge in [-0.2, -0.15) is 0 Å². The molecule has 0 N–H and O–H groups in total. The Balaban J connectivity index is 1.91. The maximum atomic E-state index is 12.0. The van der Waals surface area contributed by atoms with Gasteiger partial charge in [0.2, 0.25) is 0 Å². The van der Waals surface area contributed by atoms with Crippen LogP contribution in [0.1, 0.15) is 35.3 Å². The predicted octanol–water partition coefficient (Wildman–Crippen LogP) is 1.95. The normalized spacial score (nSPS) is 17.9. The van der Waals surface area contributed by atoms with Gasteiger partial charge in [0.1, 0.15) is 0 Å². The number of carbonyl (C=O) groups excluding carboxylic acids is 1. The minimum atomic E-state index is -0.352. The largest absolute Gasteiger partial charge is 0.462 e. The molecule has 3 rings (SSSR count). The maximum Gasteiger partial charge on any atom is 0.340 e. The van der Waals surface area contributed by atoms with Crippen molar-refractivity contribution < 1.29 is 14.3 Å². The molecule has 0 aliphatic carbocycles. The molecule has 2 heterocycles. The van der Waals surface area contributed by atoms with E-state index in [-0.39, 0.29) is 11.9 Å². The Morgan fingerprint density at radius 1 is 1.48 bits per heavy atom. The Kier molecular flexibility index (Phi) is 3.96. The minimum absolute atomic E-state index is 0.286. The van der Waals surface area contributed by atoms with E-state index in [9.17, 15) is 4.79 Å². The molecule has 1 aromatic heterocycles. The SMILES string of the molecule is CCOC(=O)c1ccccc1-n1cc(C2CCOC2)nn1. The Morgan fingerprint density at radius 2 is 2.33 bits per heavy atom. The number of hydrogen-bond donors (Lipinski definition) is 0. The van der Waals surface area contributed by atoms with Crippen LogP contribution >= 0.6 is 0 Å². The first-order chi connectivity index (χ1) is 10.3. The topological polar surface area (TPSA) is 66.2 Å². The van der Waals surface area contributed by atoms with Crippen molar-refractivity contribution in [1.29, 1.82) is 0 Å². The number of esters is 1. The van der Waals surface area contributed by atoms with Gasteiger partial charge in [0.05, 0.1) is 36.4 Å². The zero-order valence-electron chi connectivity index (χ0n) is 11.9. The standard InChI is InChI=1S/C15H17N3O3/c1-2-21-15(19)12-5-3-4-6-14(12)18-9-13(16-17-18)11-7-8-20-10-11/h3-6,9,11H,2,7-8,10H2,1H3. The number of rotatable bonds is 4. The highest BCUT2D eigenvalue weighted by molar-refractivity contribution is 5.93. The third-order valence-corrected chi connectivity index (χ3v) is 3.51. The van der Waals surface area contributed by atoms with Crippen LogP contribution < -0.4 is 0 Å². The lowest BCUT2D eigenvalue weighted by Gasteiger charge is -2.07. The molecule has 21 heavy (non-hydrogen) atoms. The first-order valence-electron chi connectivity index (χ1n) is 7.06. The number of nitrogens with zero attached hydrogens (tertiary/aromatic N) is 3. The van der Waals surface area contributed by atoms with Crippen molar-refractivity contribution in [1.82, 2.24) is 15.0 Å². The monoisotopic (exact) mass is 287 g/mol. The van der Waals surface area contributed by atoms with E-state index >= 15 is 0 Å². The van der Waals surface area contributed by atoms with Gasteiger partial charge in [-0.15, -0.1) is 5.10 Å². The number of benzene rings is 1.